The van der Waals surface area contributed by atoms with Crippen molar-refractivity contribution in [1.82, 2.24) is 15.2 Å². The van der Waals surface area contributed by atoms with Crippen molar-refractivity contribution in [2.24, 2.45) is 0 Å². The minimum absolute atomic E-state index is 0.0480. The molecule has 166 valence electrons. The lowest BCUT2D eigenvalue weighted by atomic mass is 10.0. The fourth-order valence-electron chi connectivity index (χ4n) is 3.52. The molecule has 1 aromatic heterocycles. The quantitative estimate of drug-likeness (QED) is 0.373. The molecule has 6 nitrogen and oxygen atoms in total. The monoisotopic (exact) mass is 433 g/mol. The summed E-state index contributed by atoms with van der Waals surface area (Å²) in [7, 11) is 1.70. The van der Waals surface area contributed by atoms with E-state index in [9.17, 15) is 4.79 Å². The highest BCUT2D eigenvalue weighted by atomic mass is 32.1. The molecule has 7 heteroatoms. The average molecular weight is 434 g/mol. The first-order valence-corrected chi connectivity index (χ1v) is 11.3. The van der Waals surface area contributed by atoms with Gasteiger partial charge in [0.25, 0.3) is 5.56 Å². The third-order valence-electron chi connectivity index (χ3n) is 5.72. The molecular weight excluding hydrogens is 396 g/mol. The number of hydrogen-bond donors (Lipinski definition) is 3. The minimum atomic E-state index is -0.0480. The summed E-state index contributed by atoms with van der Waals surface area (Å²) in [5.74, 6) is 0. The second-order valence-corrected chi connectivity index (χ2v) is 8.24. The van der Waals surface area contributed by atoms with E-state index >= 15 is 0 Å². The Labute approximate surface area is 185 Å². The molecule has 1 aromatic carbocycles. The number of benzene rings is 1. The van der Waals surface area contributed by atoms with Crippen LogP contribution in [0.25, 0.3) is 10.9 Å². The van der Waals surface area contributed by atoms with E-state index in [1.54, 1.807) is 7.11 Å². The molecule has 0 atom stereocenters. The normalized spacial score (nSPS) is 11.3. The molecule has 0 aliphatic carbocycles. The Hall–Kier alpha value is -1.96. The van der Waals surface area contributed by atoms with Crippen LogP contribution in [0.2, 0.25) is 0 Å². The van der Waals surface area contributed by atoms with Gasteiger partial charge in [0.2, 0.25) is 0 Å². The fraction of sp³-hybridized carbons (Fsp3) is 0.565. The van der Waals surface area contributed by atoms with Crippen LogP contribution < -0.4 is 15.8 Å². The van der Waals surface area contributed by atoms with Crippen LogP contribution in [0.15, 0.2) is 23.0 Å². The zero-order chi connectivity index (χ0) is 22.1. The molecule has 3 N–H and O–H groups in total. The Balaban J connectivity index is 2.22. The molecule has 0 spiro atoms. The topological polar surface area (TPSA) is 61.8 Å². The van der Waals surface area contributed by atoms with Gasteiger partial charge in [0, 0.05) is 31.3 Å². The third-order valence-corrected chi connectivity index (χ3v) is 6.12. The molecule has 0 saturated heterocycles. The largest absolute Gasteiger partial charge is 0.385 e. The molecule has 2 aromatic rings. The van der Waals surface area contributed by atoms with Crippen LogP contribution in [0.5, 0.6) is 0 Å². The maximum atomic E-state index is 12.8. The first-order valence-electron chi connectivity index (χ1n) is 10.9. The van der Waals surface area contributed by atoms with Crippen LogP contribution in [0.4, 0.5) is 0 Å². The lowest BCUT2D eigenvalue weighted by Gasteiger charge is -2.27. The first kappa shape index (κ1) is 24.3. The predicted octanol–water partition coefficient (Wildman–Crippen LogP) is 1.78. The smallest absolute Gasteiger partial charge is 0.253 e. The van der Waals surface area contributed by atoms with Gasteiger partial charge in [-0.05, 0) is 81.0 Å². The van der Waals surface area contributed by atoms with Gasteiger partial charge in [-0.1, -0.05) is 0 Å². The number of nitrogens with zero attached hydrogens (tertiary/aromatic N) is 1. The Morgan fingerprint density at radius 1 is 1.20 bits per heavy atom. The Morgan fingerprint density at radius 2 is 1.90 bits per heavy atom. The van der Waals surface area contributed by atoms with E-state index in [4.69, 9.17) is 17.0 Å². The zero-order valence-electron chi connectivity index (χ0n) is 19.1. The van der Waals surface area contributed by atoms with Crippen LogP contribution in [-0.2, 0) is 11.3 Å². The van der Waals surface area contributed by atoms with E-state index in [-0.39, 0.29) is 5.56 Å². The summed E-state index contributed by atoms with van der Waals surface area (Å²) in [6.07, 6.45) is 0.890. The molecule has 2 rings (SSSR count). The van der Waals surface area contributed by atoms with Crippen molar-refractivity contribution < 1.29 is 9.64 Å². The van der Waals surface area contributed by atoms with Crippen LogP contribution in [-0.4, -0.2) is 61.4 Å². The Morgan fingerprint density at radius 3 is 2.57 bits per heavy atom. The highest BCUT2D eigenvalue weighted by molar-refractivity contribution is 7.80. The van der Waals surface area contributed by atoms with Crippen molar-refractivity contribution in [2.45, 2.75) is 40.7 Å². The number of H-pyrrole nitrogens is 1. The van der Waals surface area contributed by atoms with Crippen molar-refractivity contribution in [3.63, 3.8) is 0 Å². The first-order chi connectivity index (χ1) is 14.4. The van der Waals surface area contributed by atoms with E-state index < -0.39 is 0 Å². The van der Waals surface area contributed by atoms with Crippen molar-refractivity contribution in [2.75, 3.05) is 46.4 Å². The van der Waals surface area contributed by atoms with Gasteiger partial charge in [-0.15, -0.1) is 0 Å². The van der Waals surface area contributed by atoms with E-state index in [0.717, 1.165) is 55.6 Å². The number of quaternary nitrogens is 1. The van der Waals surface area contributed by atoms with Gasteiger partial charge in [0.15, 0.2) is 5.11 Å². The SMILES string of the molecule is CC[NH+](CC)CCN(Cc1cc2cc(C)c(C)cc2[nH]c1=O)C(=S)NCCCOC. The molecule has 1 heterocycles. The lowest BCUT2D eigenvalue weighted by Crippen LogP contribution is -3.12. The van der Waals surface area contributed by atoms with Crippen LogP contribution in [0, 0.1) is 13.8 Å². The summed E-state index contributed by atoms with van der Waals surface area (Å²) in [5.41, 5.74) is 3.97. The number of nitrogens with one attached hydrogen (secondary N) is 3. The summed E-state index contributed by atoms with van der Waals surface area (Å²) in [6.45, 7) is 14.4. The van der Waals surface area contributed by atoms with E-state index in [0.29, 0.717) is 18.3 Å². The van der Waals surface area contributed by atoms with Gasteiger partial charge < -0.3 is 24.8 Å². The number of likely N-dealkylation sites (N-methyl/N-ethyl adjacent to an activating group) is 1. The maximum absolute atomic E-state index is 12.8. The van der Waals surface area contributed by atoms with Crippen molar-refractivity contribution >= 4 is 28.2 Å². The molecule has 0 aliphatic heterocycles. The summed E-state index contributed by atoms with van der Waals surface area (Å²) >= 11 is 5.68. The average Bonchev–Trinajstić information content (AvgIpc) is 2.72. The number of aromatic nitrogens is 1. The summed E-state index contributed by atoms with van der Waals surface area (Å²) in [6, 6.07) is 6.18. The Kier molecular flexibility index (Phi) is 9.75. The molecular formula is C23H37N4O2S+. The summed E-state index contributed by atoms with van der Waals surface area (Å²) in [4.78, 5) is 19.5. The molecule has 0 amide bonds. The zero-order valence-corrected chi connectivity index (χ0v) is 19.9. The highest BCUT2D eigenvalue weighted by Gasteiger charge is 2.16. The molecule has 30 heavy (non-hydrogen) atoms. The number of fused-ring (bicyclic) bond motifs is 1. The molecule has 0 aliphatic rings. The second-order valence-electron chi connectivity index (χ2n) is 7.85. The number of aromatic amines is 1. The van der Waals surface area contributed by atoms with Crippen molar-refractivity contribution in [1.29, 1.82) is 0 Å². The van der Waals surface area contributed by atoms with Crippen LogP contribution >= 0.6 is 12.2 Å². The van der Waals surface area contributed by atoms with Crippen LogP contribution in [0.3, 0.4) is 0 Å². The van der Waals surface area contributed by atoms with Gasteiger partial charge in [0.05, 0.1) is 32.7 Å². The summed E-state index contributed by atoms with van der Waals surface area (Å²) in [5, 5.41) is 5.08. The molecule has 0 fully saturated rings. The number of aryl methyl sites for hydroxylation is 2. The number of methoxy groups -OCH3 is 1. The fourth-order valence-corrected chi connectivity index (χ4v) is 3.78. The number of rotatable bonds is 11. The van der Waals surface area contributed by atoms with Crippen molar-refractivity contribution in [3.05, 3.63) is 45.2 Å². The van der Waals surface area contributed by atoms with Gasteiger partial charge in [-0.25, -0.2) is 0 Å². The second kappa shape index (κ2) is 12.0. The van der Waals surface area contributed by atoms with Gasteiger partial charge in [-0.2, -0.15) is 0 Å². The third kappa shape index (κ3) is 6.79. The standard InChI is InChI=1S/C23H36N4O2S/c1-6-26(7-2)10-11-27(23(30)24-9-8-12-29-5)16-20-15-19-13-17(3)18(4)14-21(19)25-22(20)28/h13-15H,6-12,16H2,1-5H3,(H,24,30)(H,25,28)/p+1. The van der Waals surface area contributed by atoms with Gasteiger partial charge in [0.1, 0.15) is 0 Å². The maximum Gasteiger partial charge on any atom is 0.253 e. The predicted molar refractivity (Wildman–Crippen MR) is 128 cm³/mol. The minimum Gasteiger partial charge on any atom is -0.385 e. The number of hydrogen-bond acceptors (Lipinski definition) is 3. The molecule has 0 unspecified atom stereocenters. The van der Waals surface area contributed by atoms with E-state index in [1.165, 1.54) is 16.0 Å². The van der Waals surface area contributed by atoms with Crippen molar-refractivity contribution in [3.8, 4) is 0 Å². The van der Waals surface area contributed by atoms with Gasteiger partial charge in [-0.3, -0.25) is 4.79 Å². The number of thiocarbonyl (C=S) groups is 1. The summed E-state index contributed by atoms with van der Waals surface area (Å²) < 4.78 is 5.12. The number of ether oxygens (including phenoxy) is 1. The Bertz CT molecular complexity index is 893. The molecule has 0 bridgehead atoms. The molecule has 0 saturated carbocycles. The lowest BCUT2D eigenvalue weighted by molar-refractivity contribution is -0.895. The van der Waals surface area contributed by atoms with Gasteiger partial charge >= 0.3 is 0 Å². The highest BCUT2D eigenvalue weighted by Crippen LogP contribution is 2.17. The number of pyridine rings is 1. The van der Waals surface area contributed by atoms with E-state index in [1.807, 2.05) is 12.1 Å². The van der Waals surface area contributed by atoms with Crippen LogP contribution in [0.1, 0.15) is 37.0 Å². The van der Waals surface area contributed by atoms with E-state index in [2.05, 4.69) is 49.0 Å². The molecule has 0 radical (unpaired) electrons.